The molecule has 3 rings (SSSR count). The minimum atomic E-state index is -4.48. The lowest BCUT2D eigenvalue weighted by atomic mass is 10.0. The van der Waals surface area contributed by atoms with Gasteiger partial charge in [0.1, 0.15) is 12.4 Å². The maximum absolute atomic E-state index is 12.9. The molecule has 0 aliphatic carbocycles. The van der Waals surface area contributed by atoms with Crippen molar-refractivity contribution in [3.63, 3.8) is 0 Å². The van der Waals surface area contributed by atoms with Gasteiger partial charge >= 0.3 is 12.1 Å². The van der Waals surface area contributed by atoms with E-state index in [1.807, 2.05) is 12.1 Å². The van der Waals surface area contributed by atoms with Gasteiger partial charge in [0.2, 0.25) is 0 Å². The molecule has 0 amide bonds. The number of carboxylic acid groups (broad SMARTS) is 1. The van der Waals surface area contributed by atoms with Gasteiger partial charge in [0.25, 0.3) is 0 Å². The van der Waals surface area contributed by atoms with Gasteiger partial charge in [-0.2, -0.15) is 13.2 Å². The van der Waals surface area contributed by atoms with Crippen molar-refractivity contribution >= 4 is 29.0 Å². The van der Waals surface area contributed by atoms with Crippen LogP contribution >= 0.6 is 11.6 Å². The fourth-order valence-electron chi connectivity index (χ4n) is 3.99. The van der Waals surface area contributed by atoms with E-state index in [2.05, 4.69) is 24.1 Å². The number of anilines is 1. The van der Waals surface area contributed by atoms with E-state index in [1.165, 1.54) is 12.3 Å². The van der Waals surface area contributed by atoms with Gasteiger partial charge in [-0.3, -0.25) is 14.6 Å². The summed E-state index contributed by atoms with van der Waals surface area (Å²) in [7, 11) is 0. The summed E-state index contributed by atoms with van der Waals surface area (Å²) in [5.74, 6) is -0.141. The molecular formula is C29H30ClF3N2O4. The lowest BCUT2D eigenvalue weighted by Crippen LogP contribution is -2.28. The van der Waals surface area contributed by atoms with Gasteiger partial charge in [0.15, 0.2) is 5.78 Å². The lowest BCUT2D eigenvalue weighted by molar-refractivity contribution is -0.138. The molecule has 0 saturated carbocycles. The van der Waals surface area contributed by atoms with Gasteiger partial charge in [-0.15, -0.1) is 0 Å². The summed E-state index contributed by atoms with van der Waals surface area (Å²) < 4.78 is 44.7. The number of hydrogen-bond donors (Lipinski definition) is 2. The van der Waals surface area contributed by atoms with Crippen LogP contribution in [0.4, 0.5) is 18.9 Å². The molecule has 10 heteroatoms. The monoisotopic (exact) mass is 562 g/mol. The Hall–Kier alpha value is -3.59. The van der Waals surface area contributed by atoms with Crippen LogP contribution in [-0.2, 0) is 11.0 Å². The molecule has 39 heavy (non-hydrogen) atoms. The summed E-state index contributed by atoms with van der Waals surface area (Å²) in [4.78, 5) is 27.2. The maximum atomic E-state index is 12.9. The average Bonchev–Trinajstić information content (AvgIpc) is 2.87. The fraction of sp³-hybridized carbons (Fsp3) is 0.345. The molecule has 0 radical (unpaired) electrons. The number of alkyl halides is 3. The zero-order valence-electron chi connectivity index (χ0n) is 21.6. The number of hydrogen-bond acceptors (Lipinski definition) is 5. The van der Waals surface area contributed by atoms with Crippen molar-refractivity contribution in [1.82, 2.24) is 4.98 Å². The van der Waals surface area contributed by atoms with Gasteiger partial charge in [-0.25, -0.2) is 0 Å². The first kappa shape index (κ1) is 30.0. The van der Waals surface area contributed by atoms with Gasteiger partial charge in [0, 0.05) is 29.7 Å². The van der Waals surface area contributed by atoms with Gasteiger partial charge in [0.05, 0.1) is 28.5 Å². The van der Waals surface area contributed by atoms with Crippen molar-refractivity contribution in [3.8, 4) is 17.0 Å². The number of Topliss-reactive ketones (excluding diaryl/α,β-unsaturated/α-hetero) is 1. The average molecular weight is 563 g/mol. The van der Waals surface area contributed by atoms with Crippen LogP contribution in [0.2, 0.25) is 5.02 Å². The van der Waals surface area contributed by atoms with Crippen molar-refractivity contribution in [3.05, 3.63) is 76.9 Å². The van der Waals surface area contributed by atoms with Crippen molar-refractivity contribution in [2.24, 2.45) is 5.92 Å². The smallest absolute Gasteiger partial charge is 0.416 e. The van der Waals surface area contributed by atoms with Crippen LogP contribution in [0.3, 0.4) is 0 Å². The lowest BCUT2D eigenvalue weighted by Gasteiger charge is -2.22. The molecule has 0 bridgehead atoms. The predicted octanol–water partition coefficient (Wildman–Crippen LogP) is 7.76. The van der Waals surface area contributed by atoms with Gasteiger partial charge < -0.3 is 15.2 Å². The molecule has 0 fully saturated rings. The van der Waals surface area contributed by atoms with Crippen LogP contribution in [0.5, 0.6) is 5.75 Å². The minimum absolute atomic E-state index is 0.0384. The SMILES string of the molecule is CC(C)C[C@@H](COc1ccc(-c2ccc(C(F)(F)F)cc2Cl)nc1)Nc1ccc(C(=O)CCCC(=O)O)cc1. The topological polar surface area (TPSA) is 88.5 Å². The van der Waals surface area contributed by atoms with Gasteiger partial charge in [-0.1, -0.05) is 31.5 Å². The minimum Gasteiger partial charge on any atom is -0.490 e. The molecule has 2 N–H and O–H groups in total. The number of nitrogens with zero attached hydrogens (tertiary/aromatic N) is 1. The highest BCUT2D eigenvalue weighted by Crippen LogP contribution is 2.35. The highest BCUT2D eigenvalue weighted by molar-refractivity contribution is 6.33. The Morgan fingerprint density at radius 3 is 2.33 bits per heavy atom. The van der Waals surface area contributed by atoms with Crippen LogP contribution in [0.1, 0.15) is 55.5 Å². The van der Waals surface area contributed by atoms with Crippen LogP contribution in [0.15, 0.2) is 60.8 Å². The summed E-state index contributed by atoms with van der Waals surface area (Å²) in [6, 6.07) is 13.5. The van der Waals surface area contributed by atoms with Crippen LogP contribution in [0, 0.1) is 5.92 Å². The maximum Gasteiger partial charge on any atom is 0.416 e. The highest BCUT2D eigenvalue weighted by atomic mass is 35.5. The zero-order chi connectivity index (χ0) is 28.6. The number of benzene rings is 2. The first-order valence-electron chi connectivity index (χ1n) is 12.5. The third kappa shape index (κ3) is 9.28. The number of aromatic nitrogens is 1. The third-order valence-corrected chi connectivity index (χ3v) is 6.20. The number of pyridine rings is 1. The number of carboxylic acids is 1. The van der Waals surface area contributed by atoms with Gasteiger partial charge in [-0.05, 0) is 67.3 Å². The second kappa shape index (κ2) is 13.5. The summed E-state index contributed by atoms with van der Waals surface area (Å²) in [5, 5.41) is 12.1. The Morgan fingerprint density at radius 2 is 1.77 bits per heavy atom. The summed E-state index contributed by atoms with van der Waals surface area (Å²) in [6.07, 6.45) is -1.72. The van der Waals surface area contributed by atoms with E-state index in [0.29, 0.717) is 41.5 Å². The molecule has 2 aromatic carbocycles. The Balaban J connectivity index is 1.60. The van der Waals surface area contributed by atoms with Crippen LogP contribution in [0.25, 0.3) is 11.3 Å². The molecule has 6 nitrogen and oxygen atoms in total. The number of nitrogens with one attached hydrogen (secondary N) is 1. The van der Waals surface area contributed by atoms with Crippen LogP contribution in [-0.4, -0.2) is 34.5 Å². The largest absolute Gasteiger partial charge is 0.490 e. The summed E-state index contributed by atoms with van der Waals surface area (Å²) >= 11 is 6.08. The molecule has 208 valence electrons. The Kier molecular flexibility index (Phi) is 10.3. The second-order valence-electron chi connectivity index (χ2n) is 9.60. The number of halogens is 4. The molecule has 0 unspecified atom stereocenters. The van der Waals surface area contributed by atoms with Crippen molar-refractivity contribution in [2.75, 3.05) is 11.9 Å². The van der Waals surface area contributed by atoms with Crippen molar-refractivity contribution < 1.29 is 32.6 Å². The number of rotatable bonds is 13. The van der Waals surface area contributed by atoms with E-state index in [-0.39, 0.29) is 29.7 Å². The van der Waals surface area contributed by atoms with Crippen molar-refractivity contribution in [1.29, 1.82) is 0 Å². The first-order valence-corrected chi connectivity index (χ1v) is 12.9. The Bertz CT molecular complexity index is 1260. The molecule has 0 spiro atoms. The molecule has 0 aliphatic rings. The number of aliphatic carboxylic acids is 1. The number of carbonyl (C=O) groups excluding carboxylic acids is 1. The fourth-order valence-corrected chi connectivity index (χ4v) is 4.27. The normalized spacial score (nSPS) is 12.3. The van der Waals surface area contributed by atoms with E-state index >= 15 is 0 Å². The van der Waals surface area contributed by atoms with E-state index in [9.17, 15) is 22.8 Å². The summed E-state index contributed by atoms with van der Waals surface area (Å²) in [6.45, 7) is 4.52. The number of carbonyl (C=O) groups is 2. The zero-order valence-corrected chi connectivity index (χ0v) is 22.4. The molecule has 1 heterocycles. The van der Waals surface area contributed by atoms with E-state index < -0.39 is 17.7 Å². The van der Waals surface area contributed by atoms with Crippen LogP contribution < -0.4 is 10.1 Å². The Morgan fingerprint density at radius 1 is 1.05 bits per heavy atom. The highest BCUT2D eigenvalue weighted by Gasteiger charge is 2.31. The quantitative estimate of drug-likeness (QED) is 0.207. The molecular weight excluding hydrogens is 533 g/mol. The third-order valence-electron chi connectivity index (χ3n) is 5.89. The van der Waals surface area contributed by atoms with E-state index in [0.717, 1.165) is 24.2 Å². The molecule has 0 aliphatic heterocycles. The second-order valence-corrected chi connectivity index (χ2v) is 10.0. The number of ketones is 1. The summed E-state index contributed by atoms with van der Waals surface area (Å²) in [5.41, 5.74) is 1.34. The van der Waals surface area contributed by atoms with E-state index in [1.54, 1.807) is 24.3 Å². The molecule has 3 aromatic rings. The number of ether oxygens (including phenoxy) is 1. The van der Waals surface area contributed by atoms with E-state index in [4.69, 9.17) is 21.4 Å². The molecule has 1 aromatic heterocycles. The first-order chi connectivity index (χ1) is 18.4. The molecule has 1 atom stereocenters. The standard InChI is InChI=1S/C29H30ClF3N2O4/c1-18(2)14-22(35-21-9-6-19(7-10-21)27(36)4-3-5-28(37)38)17-39-23-11-13-26(34-16-23)24-12-8-20(15-25(24)30)29(31,32)33/h6-13,15-16,18,22,35H,3-5,14,17H2,1-2H3,(H,37,38)/t22-/m0/s1. The Labute approximate surface area is 230 Å². The van der Waals surface area contributed by atoms with Crippen molar-refractivity contribution in [2.45, 2.75) is 51.7 Å². The molecule has 0 saturated heterocycles. The predicted molar refractivity (Wildman–Crippen MR) is 144 cm³/mol.